The van der Waals surface area contributed by atoms with Crippen molar-refractivity contribution in [3.63, 3.8) is 0 Å². The van der Waals surface area contributed by atoms with E-state index >= 15 is 0 Å². The van der Waals surface area contributed by atoms with E-state index in [1.165, 1.54) is 0 Å². The normalized spacial score (nSPS) is 18.1. The lowest BCUT2D eigenvalue weighted by Crippen LogP contribution is -2.42. The molecule has 1 fully saturated rings. The van der Waals surface area contributed by atoms with Crippen molar-refractivity contribution in [2.45, 2.75) is 25.7 Å². The molecule has 1 heterocycles. The van der Waals surface area contributed by atoms with Crippen molar-refractivity contribution in [3.05, 3.63) is 35.9 Å². The third-order valence-corrected chi connectivity index (χ3v) is 3.83. The lowest BCUT2D eigenvalue weighted by molar-refractivity contribution is -0.146. The summed E-state index contributed by atoms with van der Waals surface area (Å²) in [5, 5.41) is 8.95. The van der Waals surface area contributed by atoms with Crippen molar-refractivity contribution in [2.75, 3.05) is 13.1 Å². The second-order valence-corrected chi connectivity index (χ2v) is 5.07. The van der Waals surface area contributed by atoms with Gasteiger partial charge in [0.05, 0.1) is 11.8 Å². The third-order valence-electron chi connectivity index (χ3n) is 3.83. The zero-order valence-electron chi connectivity index (χ0n) is 11.1. The van der Waals surface area contributed by atoms with Crippen LogP contribution < -0.4 is 0 Å². The molecule has 1 saturated heterocycles. The van der Waals surface area contributed by atoms with E-state index in [9.17, 15) is 9.59 Å². The number of hydrogen-bond donors (Lipinski definition) is 1. The first-order valence-electron chi connectivity index (χ1n) is 6.66. The standard InChI is InChI=1S/C15H19NO3/c1-11(12-5-3-2-4-6-12)14(17)16-9-7-13(8-10-16)15(18)19/h2-6,11,13H,7-10H2,1H3,(H,18,19)/t11-/m0/s1. The van der Waals surface area contributed by atoms with Gasteiger partial charge in [-0.1, -0.05) is 30.3 Å². The minimum atomic E-state index is -0.747. The minimum absolute atomic E-state index is 0.0926. The molecule has 0 aliphatic carbocycles. The van der Waals surface area contributed by atoms with Crippen LogP contribution in [0.1, 0.15) is 31.2 Å². The number of likely N-dealkylation sites (tertiary alicyclic amines) is 1. The first kappa shape index (κ1) is 13.6. The quantitative estimate of drug-likeness (QED) is 0.906. The van der Waals surface area contributed by atoms with Gasteiger partial charge in [-0.15, -0.1) is 0 Å². The minimum Gasteiger partial charge on any atom is -0.481 e. The van der Waals surface area contributed by atoms with Gasteiger partial charge in [0.2, 0.25) is 5.91 Å². The molecule has 1 aromatic carbocycles. The first-order valence-corrected chi connectivity index (χ1v) is 6.66. The van der Waals surface area contributed by atoms with Crippen LogP contribution in [0.25, 0.3) is 0 Å². The van der Waals surface area contributed by atoms with Gasteiger partial charge >= 0.3 is 5.97 Å². The van der Waals surface area contributed by atoms with Crippen LogP contribution in [0.2, 0.25) is 0 Å². The maximum absolute atomic E-state index is 12.4. The van der Waals surface area contributed by atoms with Gasteiger partial charge < -0.3 is 10.0 Å². The van der Waals surface area contributed by atoms with Crippen molar-refractivity contribution in [1.82, 2.24) is 4.90 Å². The Kier molecular flexibility index (Phi) is 4.20. The molecule has 1 aliphatic heterocycles. The summed E-state index contributed by atoms with van der Waals surface area (Å²) in [6.45, 7) is 3.00. The maximum Gasteiger partial charge on any atom is 0.306 e. The first-order chi connectivity index (χ1) is 9.09. The Morgan fingerprint density at radius 2 is 1.79 bits per heavy atom. The van der Waals surface area contributed by atoms with Crippen LogP contribution in [0, 0.1) is 5.92 Å². The van der Waals surface area contributed by atoms with E-state index in [0.29, 0.717) is 25.9 Å². The largest absolute Gasteiger partial charge is 0.481 e. The van der Waals surface area contributed by atoms with E-state index < -0.39 is 5.97 Å². The lowest BCUT2D eigenvalue weighted by atomic mass is 9.94. The number of nitrogens with zero attached hydrogens (tertiary/aromatic N) is 1. The number of benzene rings is 1. The Bertz CT molecular complexity index is 450. The molecular formula is C15H19NO3. The summed E-state index contributed by atoms with van der Waals surface area (Å²) < 4.78 is 0. The number of rotatable bonds is 3. The molecule has 1 aromatic rings. The number of aliphatic carboxylic acids is 1. The molecular weight excluding hydrogens is 242 g/mol. The van der Waals surface area contributed by atoms with Crippen LogP contribution in [-0.4, -0.2) is 35.0 Å². The molecule has 4 heteroatoms. The molecule has 0 saturated carbocycles. The van der Waals surface area contributed by atoms with E-state index in [0.717, 1.165) is 5.56 Å². The summed E-state index contributed by atoms with van der Waals surface area (Å²) in [6, 6.07) is 9.68. The predicted molar refractivity (Wildman–Crippen MR) is 71.8 cm³/mol. The monoisotopic (exact) mass is 261 g/mol. The number of carbonyl (C=O) groups excluding carboxylic acids is 1. The summed E-state index contributed by atoms with van der Waals surface area (Å²) in [5.41, 5.74) is 1.01. The predicted octanol–water partition coefficient (Wildman–Crippen LogP) is 2.11. The molecule has 1 aliphatic rings. The zero-order chi connectivity index (χ0) is 13.8. The second kappa shape index (κ2) is 5.87. The van der Waals surface area contributed by atoms with Crippen molar-refractivity contribution in [1.29, 1.82) is 0 Å². The molecule has 2 rings (SSSR count). The second-order valence-electron chi connectivity index (χ2n) is 5.07. The Labute approximate surface area is 113 Å². The molecule has 0 spiro atoms. The Hall–Kier alpha value is -1.84. The van der Waals surface area contributed by atoms with Gasteiger partial charge in [-0.25, -0.2) is 0 Å². The van der Waals surface area contributed by atoms with Gasteiger partial charge in [-0.2, -0.15) is 0 Å². The fraction of sp³-hybridized carbons (Fsp3) is 0.467. The number of amides is 1. The Morgan fingerprint density at radius 1 is 1.21 bits per heavy atom. The molecule has 0 radical (unpaired) electrons. The molecule has 102 valence electrons. The summed E-state index contributed by atoms with van der Waals surface area (Å²) in [5.74, 6) is -1.11. The van der Waals surface area contributed by atoms with E-state index in [2.05, 4.69) is 0 Å². The highest BCUT2D eigenvalue weighted by molar-refractivity contribution is 5.83. The van der Waals surface area contributed by atoms with Crippen LogP contribution in [0.4, 0.5) is 0 Å². The van der Waals surface area contributed by atoms with Gasteiger partial charge in [-0.3, -0.25) is 9.59 Å². The van der Waals surface area contributed by atoms with Crippen LogP contribution in [0.3, 0.4) is 0 Å². The molecule has 0 aromatic heterocycles. The highest BCUT2D eigenvalue weighted by Crippen LogP contribution is 2.23. The molecule has 1 amide bonds. The lowest BCUT2D eigenvalue weighted by Gasteiger charge is -2.32. The average Bonchev–Trinajstić information content (AvgIpc) is 2.46. The third kappa shape index (κ3) is 3.13. The van der Waals surface area contributed by atoms with Crippen molar-refractivity contribution < 1.29 is 14.7 Å². The van der Waals surface area contributed by atoms with Gasteiger partial charge in [0.25, 0.3) is 0 Å². The number of carboxylic acids is 1. The smallest absolute Gasteiger partial charge is 0.306 e. The van der Waals surface area contributed by atoms with Crippen LogP contribution >= 0.6 is 0 Å². The topological polar surface area (TPSA) is 57.6 Å². The van der Waals surface area contributed by atoms with Gasteiger partial charge in [0.1, 0.15) is 0 Å². The summed E-state index contributed by atoms with van der Waals surface area (Å²) in [4.78, 5) is 25.0. The van der Waals surface area contributed by atoms with Gasteiger partial charge in [0, 0.05) is 13.1 Å². The average molecular weight is 261 g/mol. The fourth-order valence-electron chi connectivity index (χ4n) is 2.50. The number of carbonyl (C=O) groups is 2. The molecule has 4 nitrogen and oxygen atoms in total. The molecule has 0 bridgehead atoms. The maximum atomic E-state index is 12.4. The highest BCUT2D eigenvalue weighted by atomic mass is 16.4. The summed E-state index contributed by atoms with van der Waals surface area (Å²) in [6.07, 6.45) is 1.12. The van der Waals surface area contributed by atoms with Crippen LogP contribution in [-0.2, 0) is 9.59 Å². The highest BCUT2D eigenvalue weighted by Gasteiger charge is 2.29. The molecule has 19 heavy (non-hydrogen) atoms. The van der Waals surface area contributed by atoms with E-state index in [1.54, 1.807) is 4.90 Å². The molecule has 0 unspecified atom stereocenters. The van der Waals surface area contributed by atoms with Crippen LogP contribution in [0.15, 0.2) is 30.3 Å². The molecule has 1 atom stereocenters. The number of hydrogen-bond acceptors (Lipinski definition) is 2. The van der Waals surface area contributed by atoms with Gasteiger partial charge in [0.15, 0.2) is 0 Å². The zero-order valence-corrected chi connectivity index (χ0v) is 11.1. The SMILES string of the molecule is C[C@H](C(=O)N1CCC(C(=O)O)CC1)c1ccccc1. The van der Waals surface area contributed by atoms with Crippen molar-refractivity contribution in [2.24, 2.45) is 5.92 Å². The Balaban J connectivity index is 1.96. The molecule has 1 N–H and O–H groups in total. The van der Waals surface area contributed by atoms with E-state index in [4.69, 9.17) is 5.11 Å². The van der Waals surface area contributed by atoms with Crippen LogP contribution in [0.5, 0.6) is 0 Å². The fourth-order valence-corrected chi connectivity index (χ4v) is 2.50. The summed E-state index contributed by atoms with van der Waals surface area (Å²) in [7, 11) is 0. The Morgan fingerprint density at radius 3 is 2.32 bits per heavy atom. The van der Waals surface area contributed by atoms with E-state index in [1.807, 2.05) is 37.3 Å². The van der Waals surface area contributed by atoms with Crippen molar-refractivity contribution >= 4 is 11.9 Å². The number of piperidine rings is 1. The summed E-state index contributed by atoms with van der Waals surface area (Å²) >= 11 is 0. The van der Waals surface area contributed by atoms with E-state index in [-0.39, 0.29) is 17.7 Å². The van der Waals surface area contributed by atoms with Crippen molar-refractivity contribution in [3.8, 4) is 0 Å². The number of carboxylic acid groups (broad SMARTS) is 1. The van der Waals surface area contributed by atoms with Gasteiger partial charge in [-0.05, 0) is 25.3 Å².